The van der Waals surface area contributed by atoms with Crippen LogP contribution in [0.15, 0.2) is 53.7 Å². The van der Waals surface area contributed by atoms with Gasteiger partial charge in [0, 0.05) is 16.8 Å². The third kappa shape index (κ3) is 6.28. The van der Waals surface area contributed by atoms with Gasteiger partial charge in [0.05, 0.1) is 23.4 Å². The van der Waals surface area contributed by atoms with Crippen molar-refractivity contribution in [3.63, 3.8) is 0 Å². The summed E-state index contributed by atoms with van der Waals surface area (Å²) in [6.07, 6.45) is -7.70. The lowest BCUT2D eigenvalue weighted by atomic mass is 10.2. The number of carbonyl (C=O) groups is 1. The maximum absolute atomic E-state index is 14.0. The molecule has 5 rings (SSSR count). The summed E-state index contributed by atoms with van der Waals surface area (Å²) in [5.74, 6) is -5.00. The van der Waals surface area contributed by atoms with Crippen molar-refractivity contribution in [1.82, 2.24) is 39.4 Å². The Morgan fingerprint density at radius 1 is 1.05 bits per heavy atom. The first kappa shape index (κ1) is 29.6. The Kier molecular flexibility index (Phi) is 7.78. The van der Waals surface area contributed by atoms with E-state index in [9.17, 15) is 35.9 Å². The predicted molar refractivity (Wildman–Crippen MR) is 136 cm³/mol. The quantitative estimate of drug-likeness (QED) is 0.290. The van der Waals surface area contributed by atoms with Crippen LogP contribution in [0.4, 0.5) is 26.3 Å². The molecular formula is C24H18Cl2F6N8O2. The van der Waals surface area contributed by atoms with Crippen LogP contribution in [0.3, 0.4) is 0 Å². The number of aromatic nitrogens is 7. The molecule has 42 heavy (non-hydrogen) atoms. The number of benzene rings is 1. The fourth-order valence-electron chi connectivity index (χ4n) is 4.21. The largest absolute Gasteiger partial charge is 0.410 e. The molecule has 4 aromatic rings. The minimum absolute atomic E-state index is 0.0405. The third-order valence-electron chi connectivity index (χ3n) is 6.44. The molecule has 1 aromatic carbocycles. The van der Waals surface area contributed by atoms with Gasteiger partial charge in [0.15, 0.2) is 17.5 Å². The fourth-order valence-corrected chi connectivity index (χ4v) is 4.55. The first-order valence-electron chi connectivity index (χ1n) is 12.1. The smallest absolute Gasteiger partial charge is 0.343 e. The van der Waals surface area contributed by atoms with Crippen LogP contribution in [-0.2, 0) is 17.9 Å². The molecule has 222 valence electrons. The average Bonchev–Trinajstić information content (AvgIpc) is 3.53. The van der Waals surface area contributed by atoms with Crippen molar-refractivity contribution in [2.75, 3.05) is 0 Å². The number of hydrogen-bond donors (Lipinski definition) is 1. The highest BCUT2D eigenvalue weighted by Crippen LogP contribution is 2.50. The minimum Gasteiger partial charge on any atom is -0.343 e. The van der Waals surface area contributed by atoms with E-state index in [1.54, 1.807) is 17.4 Å². The number of amides is 1. The van der Waals surface area contributed by atoms with Crippen LogP contribution in [-0.4, -0.2) is 58.4 Å². The van der Waals surface area contributed by atoms with Gasteiger partial charge in [-0.1, -0.05) is 23.2 Å². The van der Waals surface area contributed by atoms with Crippen LogP contribution >= 0.6 is 23.2 Å². The SMILES string of the molecule is O=C(NC(Cn1c(-c2ccc(Cl)cc2)nn(Cc2ncn(-c3ncccc3Cl)n2)c1=O)C(F)(F)F)C1CC1C(F)(F)F. The van der Waals surface area contributed by atoms with E-state index in [-0.39, 0.29) is 34.6 Å². The molecule has 1 aliphatic carbocycles. The van der Waals surface area contributed by atoms with Crippen molar-refractivity contribution >= 4 is 29.1 Å². The number of alkyl halides is 6. The molecule has 1 amide bonds. The molecular weight excluding hydrogens is 617 g/mol. The Labute approximate surface area is 241 Å². The van der Waals surface area contributed by atoms with Gasteiger partial charge in [0.1, 0.15) is 18.9 Å². The van der Waals surface area contributed by atoms with Crippen LogP contribution in [0.2, 0.25) is 10.0 Å². The zero-order chi connectivity index (χ0) is 30.4. The summed E-state index contributed by atoms with van der Waals surface area (Å²) in [7, 11) is 0. The van der Waals surface area contributed by atoms with E-state index >= 15 is 0 Å². The highest BCUT2D eigenvalue weighted by molar-refractivity contribution is 6.32. The predicted octanol–water partition coefficient (Wildman–Crippen LogP) is 4.29. The summed E-state index contributed by atoms with van der Waals surface area (Å²) < 4.78 is 83.5. The number of hydrogen-bond acceptors (Lipinski definition) is 6. The lowest BCUT2D eigenvalue weighted by molar-refractivity contribution is -0.167. The molecule has 1 N–H and O–H groups in total. The van der Waals surface area contributed by atoms with E-state index in [1.807, 2.05) is 0 Å². The fraction of sp³-hybridized carbons (Fsp3) is 0.333. The van der Waals surface area contributed by atoms with Gasteiger partial charge < -0.3 is 5.32 Å². The van der Waals surface area contributed by atoms with Crippen molar-refractivity contribution in [3.8, 4) is 17.2 Å². The summed E-state index contributed by atoms with van der Waals surface area (Å²) in [6.45, 7) is -1.54. The van der Waals surface area contributed by atoms with Gasteiger partial charge in [-0.2, -0.15) is 26.3 Å². The monoisotopic (exact) mass is 634 g/mol. The number of carbonyl (C=O) groups excluding carboxylic acids is 1. The molecule has 1 fully saturated rings. The van der Waals surface area contributed by atoms with Gasteiger partial charge in [0.2, 0.25) is 5.91 Å². The summed E-state index contributed by atoms with van der Waals surface area (Å²) >= 11 is 12.0. The zero-order valence-corrected chi connectivity index (χ0v) is 22.5. The Hall–Kier alpha value is -3.92. The van der Waals surface area contributed by atoms with E-state index in [1.165, 1.54) is 41.5 Å². The van der Waals surface area contributed by atoms with E-state index < -0.39 is 54.8 Å². The average molecular weight is 635 g/mol. The second kappa shape index (κ2) is 11.1. The van der Waals surface area contributed by atoms with Crippen LogP contribution in [0.5, 0.6) is 0 Å². The van der Waals surface area contributed by atoms with E-state index in [4.69, 9.17) is 23.2 Å². The second-order valence-electron chi connectivity index (χ2n) is 9.39. The normalized spacial score (nSPS) is 17.7. The van der Waals surface area contributed by atoms with Crippen molar-refractivity contribution in [3.05, 3.63) is 75.3 Å². The number of nitrogens with zero attached hydrogens (tertiary/aromatic N) is 7. The molecule has 0 aliphatic heterocycles. The maximum atomic E-state index is 14.0. The molecule has 3 aromatic heterocycles. The highest BCUT2D eigenvalue weighted by Gasteiger charge is 2.59. The summed E-state index contributed by atoms with van der Waals surface area (Å²) in [5.41, 5.74) is -0.809. The van der Waals surface area contributed by atoms with Crippen LogP contribution in [0.25, 0.3) is 17.2 Å². The van der Waals surface area contributed by atoms with Crippen molar-refractivity contribution in [2.24, 2.45) is 11.8 Å². The first-order chi connectivity index (χ1) is 19.7. The summed E-state index contributed by atoms with van der Waals surface area (Å²) in [6, 6.07) is 6.17. The first-order valence-corrected chi connectivity index (χ1v) is 12.9. The van der Waals surface area contributed by atoms with Gasteiger partial charge in [-0.15, -0.1) is 10.2 Å². The van der Waals surface area contributed by atoms with Gasteiger partial charge in [-0.25, -0.2) is 24.1 Å². The molecule has 1 saturated carbocycles. The second-order valence-corrected chi connectivity index (χ2v) is 10.2. The molecule has 3 unspecified atom stereocenters. The van der Waals surface area contributed by atoms with Gasteiger partial charge in [-0.05, 0) is 42.8 Å². The maximum Gasteiger partial charge on any atom is 0.410 e. The Morgan fingerprint density at radius 2 is 1.76 bits per heavy atom. The molecule has 18 heteroatoms. The summed E-state index contributed by atoms with van der Waals surface area (Å²) in [4.78, 5) is 33.8. The van der Waals surface area contributed by atoms with Crippen LogP contribution in [0.1, 0.15) is 12.2 Å². The minimum atomic E-state index is -5.11. The topological polar surface area (TPSA) is 113 Å². The molecule has 10 nitrogen and oxygen atoms in total. The van der Waals surface area contributed by atoms with E-state index in [2.05, 4.69) is 20.2 Å². The molecule has 0 radical (unpaired) electrons. The zero-order valence-electron chi connectivity index (χ0n) is 20.9. The Bertz CT molecular complexity index is 1660. The Balaban J connectivity index is 1.46. The molecule has 3 heterocycles. The van der Waals surface area contributed by atoms with Crippen molar-refractivity contribution < 1.29 is 31.1 Å². The molecule has 0 spiro atoms. The van der Waals surface area contributed by atoms with Crippen molar-refractivity contribution in [2.45, 2.75) is 37.9 Å². The standard InChI is InChI=1S/C24H18Cl2F6N8O2/c25-13-5-3-12(4-6-13)19-37-39(10-18-34-11-40(36-18)20-16(26)2-1-7-33-20)22(42)38(19)9-17(24(30,31)32)35-21(41)14-8-15(14)23(27,28)29/h1-7,11,14-15,17H,8-10H2,(H,35,41). The third-order valence-corrected chi connectivity index (χ3v) is 6.98. The molecule has 1 aliphatic rings. The number of rotatable bonds is 8. The number of nitrogens with one attached hydrogen (secondary N) is 1. The van der Waals surface area contributed by atoms with Crippen molar-refractivity contribution in [1.29, 1.82) is 0 Å². The van der Waals surface area contributed by atoms with E-state index in [0.29, 0.717) is 9.59 Å². The lowest BCUT2D eigenvalue weighted by Gasteiger charge is -2.22. The molecule has 3 atom stereocenters. The number of halogens is 8. The van der Waals surface area contributed by atoms with Gasteiger partial charge in [0.25, 0.3) is 0 Å². The van der Waals surface area contributed by atoms with Crippen LogP contribution < -0.4 is 11.0 Å². The Morgan fingerprint density at radius 3 is 2.38 bits per heavy atom. The summed E-state index contributed by atoms with van der Waals surface area (Å²) in [5, 5.41) is 10.6. The van der Waals surface area contributed by atoms with Gasteiger partial charge in [-0.3, -0.25) is 9.36 Å². The highest BCUT2D eigenvalue weighted by atomic mass is 35.5. The lowest BCUT2D eigenvalue weighted by Crippen LogP contribution is -2.50. The van der Waals surface area contributed by atoms with Gasteiger partial charge >= 0.3 is 18.0 Å². The van der Waals surface area contributed by atoms with Crippen LogP contribution in [0, 0.1) is 11.8 Å². The van der Waals surface area contributed by atoms with E-state index in [0.717, 1.165) is 4.68 Å². The molecule has 0 saturated heterocycles. The molecule has 0 bridgehead atoms. The number of pyridine rings is 1.